The summed E-state index contributed by atoms with van der Waals surface area (Å²) in [7, 11) is 4.09. The minimum atomic E-state index is -0.703. The Bertz CT molecular complexity index is 181. The van der Waals surface area contributed by atoms with Crippen molar-refractivity contribution in [3.8, 4) is 0 Å². The second-order valence-electron chi connectivity index (χ2n) is 4.35. The molecule has 0 saturated heterocycles. The summed E-state index contributed by atoms with van der Waals surface area (Å²) in [6.45, 7) is 4.61. The number of carbonyl (C=O) groups is 1. The fraction of sp³-hybridized carbons (Fsp3) is 0.900. The van der Waals surface area contributed by atoms with Crippen LogP contribution in [0.15, 0.2) is 0 Å². The van der Waals surface area contributed by atoms with Crippen molar-refractivity contribution in [3.63, 3.8) is 0 Å². The van der Waals surface area contributed by atoms with Crippen LogP contribution in [0.2, 0.25) is 0 Å². The molecule has 0 rings (SSSR count). The molecule has 0 aliphatic carbocycles. The second kappa shape index (κ2) is 6.30. The molecule has 0 saturated carbocycles. The quantitative estimate of drug-likeness (QED) is 0.663. The van der Waals surface area contributed by atoms with Crippen molar-refractivity contribution in [1.82, 2.24) is 4.90 Å². The van der Waals surface area contributed by atoms with E-state index in [-0.39, 0.29) is 0 Å². The third-order valence-corrected chi connectivity index (χ3v) is 3.10. The second-order valence-corrected chi connectivity index (χ2v) is 5.58. The highest BCUT2D eigenvalue weighted by Gasteiger charge is 2.26. The number of hydrogen-bond donors (Lipinski definition) is 1. The Morgan fingerprint density at radius 3 is 2.36 bits per heavy atom. The zero-order valence-corrected chi connectivity index (χ0v) is 10.4. The van der Waals surface area contributed by atoms with Crippen molar-refractivity contribution in [3.05, 3.63) is 0 Å². The third kappa shape index (κ3) is 6.27. The molecule has 0 amide bonds. The Hall–Kier alpha value is -0.220. The predicted molar refractivity (Wildman–Crippen MR) is 61.9 cm³/mol. The van der Waals surface area contributed by atoms with E-state index in [0.29, 0.717) is 0 Å². The van der Waals surface area contributed by atoms with Crippen molar-refractivity contribution in [2.75, 3.05) is 32.1 Å². The van der Waals surface area contributed by atoms with E-state index in [0.717, 1.165) is 24.5 Å². The van der Waals surface area contributed by atoms with Gasteiger partial charge >= 0.3 is 5.97 Å². The standard InChI is InChI=1S/C10H21NO2S/c1-10(2,9(12)13)5-7-14-8-6-11(3)4/h5-8H2,1-4H3,(H,12,13). The lowest BCUT2D eigenvalue weighted by molar-refractivity contribution is -0.146. The molecule has 14 heavy (non-hydrogen) atoms. The number of nitrogens with zero attached hydrogens (tertiary/aromatic N) is 1. The van der Waals surface area contributed by atoms with Crippen LogP contribution in [0.3, 0.4) is 0 Å². The average Bonchev–Trinajstić information content (AvgIpc) is 2.02. The molecular weight excluding hydrogens is 198 g/mol. The molecule has 3 nitrogen and oxygen atoms in total. The predicted octanol–water partition coefficient (Wildman–Crippen LogP) is 1.78. The van der Waals surface area contributed by atoms with Crippen LogP contribution in [0.25, 0.3) is 0 Å². The minimum absolute atomic E-state index is 0.578. The molecule has 0 bridgehead atoms. The Kier molecular flexibility index (Phi) is 6.20. The van der Waals surface area contributed by atoms with E-state index in [1.165, 1.54) is 0 Å². The van der Waals surface area contributed by atoms with Gasteiger partial charge in [-0.3, -0.25) is 4.79 Å². The van der Waals surface area contributed by atoms with Crippen LogP contribution in [0.5, 0.6) is 0 Å². The number of carboxylic acids is 1. The topological polar surface area (TPSA) is 40.5 Å². The smallest absolute Gasteiger partial charge is 0.309 e. The highest BCUT2D eigenvalue weighted by Crippen LogP contribution is 2.22. The van der Waals surface area contributed by atoms with Gasteiger partial charge in [-0.15, -0.1) is 0 Å². The number of carboxylic acid groups (broad SMARTS) is 1. The molecule has 0 aliphatic rings. The van der Waals surface area contributed by atoms with E-state index in [1.54, 1.807) is 13.8 Å². The summed E-state index contributed by atoms with van der Waals surface area (Å²) in [5.74, 6) is 1.29. The van der Waals surface area contributed by atoms with Crippen LogP contribution >= 0.6 is 11.8 Å². The van der Waals surface area contributed by atoms with Crippen LogP contribution < -0.4 is 0 Å². The number of aliphatic carboxylic acids is 1. The summed E-state index contributed by atoms with van der Waals surface area (Å²) in [6, 6.07) is 0. The van der Waals surface area contributed by atoms with E-state index in [2.05, 4.69) is 4.90 Å². The van der Waals surface area contributed by atoms with Gasteiger partial charge in [0.1, 0.15) is 0 Å². The molecule has 0 aromatic heterocycles. The van der Waals surface area contributed by atoms with Gasteiger partial charge in [0.25, 0.3) is 0 Å². The first-order chi connectivity index (χ1) is 6.36. The number of rotatable bonds is 7. The summed E-state index contributed by atoms with van der Waals surface area (Å²) >= 11 is 1.82. The normalized spacial score (nSPS) is 12.1. The molecular formula is C10H21NO2S. The SMILES string of the molecule is CN(C)CCSCCC(C)(C)C(=O)O. The van der Waals surface area contributed by atoms with Gasteiger partial charge in [0, 0.05) is 12.3 Å². The van der Waals surface area contributed by atoms with Gasteiger partial charge in [-0.2, -0.15) is 11.8 Å². The van der Waals surface area contributed by atoms with Crippen LogP contribution in [-0.4, -0.2) is 48.1 Å². The molecule has 0 radical (unpaired) electrons. The van der Waals surface area contributed by atoms with E-state index in [9.17, 15) is 4.79 Å². The first-order valence-electron chi connectivity index (χ1n) is 4.82. The van der Waals surface area contributed by atoms with Gasteiger partial charge in [-0.25, -0.2) is 0 Å². The molecule has 84 valence electrons. The van der Waals surface area contributed by atoms with Gasteiger partial charge in [0.05, 0.1) is 5.41 Å². The van der Waals surface area contributed by atoms with Gasteiger partial charge in [-0.1, -0.05) is 0 Å². The summed E-state index contributed by atoms with van der Waals surface area (Å²) in [5.41, 5.74) is -0.578. The van der Waals surface area contributed by atoms with Crippen molar-refractivity contribution < 1.29 is 9.90 Å². The lowest BCUT2D eigenvalue weighted by Gasteiger charge is -2.18. The van der Waals surface area contributed by atoms with Gasteiger partial charge in [-0.05, 0) is 40.1 Å². The minimum Gasteiger partial charge on any atom is -0.481 e. The number of thioether (sulfide) groups is 1. The molecule has 0 heterocycles. The molecule has 0 aromatic rings. The fourth-order valence-electron chi connectivity index (χ4n) is 0.783. The summed E-state index contributed by atoms with van der Waals surface area (Å²) in [4.78, 5) is 12.9. The Labute approximate surface area is 90.9 Å². The number of hydrogen-bond acceptors (Lipinski definition) is 3. The van der Waals surface area contributed by atoms with E-state index in [4.69, 9.17) is 5.11 Å². The van der Waals surface area contributed by atoms with Gasteiger partial charge < -0.3 is 10.0 Å². The summed E-state index contributed by atoms with van der Waals surface area (Å²) < 4.78 is 0. The summed E-state index contributed by atoms with van der Waals surface area (Å²) in [5, 5.41) is 8.87. The van der Waals surface area contributed by atoms with Crippen LogP contribution in [0.1, 0.15) is 20.3 Å². The van der Waals surface area contributed by atoms with Gasteiger partial charge in [0.2, 0.25) is 0 Å². The largest absolute Gasteiger partial charge is 0.481 e. The Morgan fingerprint density at radius 2 is 1.93 bits per heavy atom. The van der Waals surface area contributed by atoms with Crippen molar-refractivity contribution in [2.24, 2.45) is 5.41 Å². The zero-order valence-electron chi connectivity index (χ0n) is 9.54. The van der Waals surface area contributed by atoms with Crippen LogP contribution in [-0.2, 0) is 4.79 Å². The molecule has 0 atom stereocenters. The van der Waals surface area contributed by atoms with Gasteiger partial charge in [0.15, 0.2) is 0 Å². The zero-order chi connectivity index (χ0) is 11.2. The summed E-state index contributed by atoms with van der Waals surface area (Å²) in [6.07, 6.45) is 0.737. The van der Waals surface area contributed by atoms with Crippen LogP contribution in [0, 0.1) is 5.41 Å². The molecule has 1 N–H and O–H groups in total. The third-order valence-electron chi connectivity index (χ3n) is 2.13. The highest BCUT2D eigenvalue weighted by atomic mass is 32.2. The molecule has 4 heteroatoms. The Morgan fingerprint density at radius 1 is 1.36 bits per heavy atom. The molecule has 0 aliphatic heterocycles. The first-order valence-corrected chi connectivity index (χ1v) is 5.97. The molecule has 0 unspecified atom stereocenters. The van der Waals surface area contributed by atoms with Crippen molar-refractivity contribution in [1.29, 1.82) is 0 Å². The molecule has 0 spiro atoms. The maximum Gasteiger partial charge on any atom is 0.309 e. The lowest BCUT2D eigenvalue weighted by atomic mass is 9.91. The fourth-order valence-corrected chi connectivity index (χ4v) is 2.14. The lowest BCUT2D eigenvalue weighted by Crippen LogP contribution is -2.24. The monoisotopic (exact) mass is 219 g/mol. The van der Waals surface area contributed by atoms with E-state index >= 15 is 0 Å². The van der Waals surface area contributed by atoms with E-state index < -0.39 is 11.4 Å². The Balaban J connectivity index is 3.49. The maximum atomic E-state index is 10.8. The highest BCUT2D eigenvalue weighted by molar-refractivity contribution is 7.99. The van der Waals surface area contributed by atoms with E-state index in [1.807, 2.05) is 25.9 Å². The molecule has 0 fully saturated rings. The molecule has 0 aromatic carbocycles. The maximum absolute atomic E-state index is 10.8. The first kappa shape index (κ1) is 13.8. The van der Waals surface area contributed by atoms with Crippen molar-refractivity contribution >= 4 is 17.7 Å². The van der Waals surface area contributed by atoms with Crippen molar-refractivity contribution in [2.45, 2.75) is 20.3 Å². The van der Waals surface area contributed by atoms with Crippen LogP contribution in [0.4, 0.5) is 0 Å². The average molecular weight is 219 g/mol.